The largest absolute Gasteiger partial charge is 0.312 e. The molecule has 1 aliphatic rings. The number of aryl methyl sites for hydroxylation is 1. The van der Waals surface area contributed by atoms with Crippen LogP contribution in [0.2, 0.25) is 0 Å². The molecule has 0 aliphatic carbocycles. The van der Waals surface area contributed by atoms with Crippen molar-refractivity contribution in [2.45, 2.75) is 25.8 Å². The van der Waals surface area contributed by atoms with E-state index in [9.17, 15) is 0 Å². The third-order valence-electron chi connectivity index (χ3n) is 2.76. The zero-order chi connectivity index (χ0) is 9.80. The number of hydrogen-bond donors (Lipinski definition) is 1. The normalized spacial score (nSPS) is 15.2. The first-order valence-corrected chi connectivity index (χ1v) is 5.81. The van der Waals surface area contributed by atoms with Crippen LogP contribution in [0.4, 0.5) is 0 Å². The zero-order valence-electron chi connectivity index (χ0n) is 8.35. The average Bonchev–Trinajstić information content (AvgIpc) is 2.26. The fourth-order valence-electron chi connectivity index (χ4n) is 1.96. The van der Waals surface area contributed by atoms with Crippen molar-refractivity contribution in [1.82, 2.24) is 5.32 Å². The molecule has 14 heavy (non-hydrogen) atoms. The Morgan fingerprint density at radius 3 is 3.07 bits per heavy atom. The highest BCUT2D eigenvalue weighted by Crippen LogP contribution is 2.16. The molecule has 1 N–H and O–H groups in total. The molecule has 0 bridgehead atoms. The van der Waals surface area contributed by atoms with E-state index >= 15 is 0 Å². The standard InChI is InChI=1S/C12H16ClN/c13-6-1-2-10-3-4-11-5-7-14-9-12(11)8-10/h3-4,8,14H,1-2,5-7,9H2. The molecule has 2 rings (SSSR count). The maximum absolute atomic E-state index is 5.68. The van der Waals surface area contributed by atoms with Crippen molar-refractivity contribution in [2.24, 2.45) is 0 Å². The van der Waals surface area contributed by atoms with Gasteiger partial charge in [-0.15, -0.1) is 11.6 Å². The Hall–Kier alpha value is -0.530. The van der Waals surface area contributed by atoms with Crippen molar-refractivity contribution in [3.63, 3.8) is 0 Å². The smallest absolute Gasteiger partial charge is 0.0226 e. The van der Waals surface area contributed by atoms with Crippen LogP contribution in [-0.2, 0) is 19.4 Å². The molecule has 1 aromatic carbocycles. The highest BCUT2D eigenvalue weighted by Gasteiger charge is 2.08. The summed E-state index contributed by atoms with van der Waals surface area (Å²) < 4.78 is 0. The third kappa shape index (κ3) is 2.28. The Bertz CT molecular complexity index is 309. The Morgan fingerprint density at radius 1 is 1.29 bits per heavy atom. The maximum Gasteiger partial charge on any atom is 0.0226 e. The van der Waals surface area contributed by atoms with Crippen molar-refractivity contribution >= 4 is 11.6 Å². The topological polar surface area (TPSA) is 12.0 Å². The van der Waals surface area contributed by atoms with Crippen LogP contribution in [0.1, 0.15) is 23.1 Å². The lowest BCUT2D eigenvalue weighted by Gasteiger charge is -2.17. The summed E-state index contributed by atoms with van der Waals surface area (Å²) in [4.78, 5) is 0. The molecule has 0 saturated carbocycles. The van der Waals surface area contributed by atoms with Crippen molar-refractivity contribution in [3.8, 4) is 0 Å². The summed E-state index contributed by atoms with van der Waals surface area (Å²) in [6, 6.07) is 6.85. The fourth-order valence-corrected chi connectivity index (χ4v) is 2.09. The molecule has 1 aliphatic heterocycles. The fraction of sp³-hybridized carbons (Fsp3) is 0.500. The van der Waals surface area contributed by atoms with E-state index < -0.39 is 0 Å². The highest BCUT2D eigenvalue weighted by molar-refractivity contribution is 6.17. The van der Waals surface area contributed by atoms with Crippen LogP contribution in [0.25, 0.3) is 0 Å². The van der Waals surface area contributed by atoms with E-state index in [4.69, 9.17) is 11.6 Å². The van der Waals surface area contributed by atoms with Crippen LogP contribution in [0.3, 0.4) is 0 Å². The average molecular weight is 210 g/mol. The van der Waals surface area contributed by atoms with Gasteiger partial charge in [-0.2, -0.15) is 0 Å². The van der Waals surface area contributed by atoms with Crippen LogP contribution in [-0.4, -0.2) is 12.4 Å². The molecule has 0 amide bonds. The van der Waals surface area contributed by atoms with E-state index in [1.165, 1.54) is 23.1 Å². The van der Waals surface area contributed by atoms with Crippen molar-refractivity contribution in [1.29, 1.82) is 0 Å². The quantitative estimate of drug-likeness (QED) is 0.755. The Kier molecular flexibility index (Phi) is 3.44. The summed E-state index contributed by atoms with van der Waals surface area (Å²) in [6.07, 6.45) is 3.36. The molecule has 1 heterocycles. The van der Waals surface area contributed by atoms with Gasteiger partial charge in [-0.1, -0.05) is 18.2 Å². The van der Waals surface area contributed by atoms with E-state index in [1.54, 1.807) is 0 Å². The molecular weight excluding hydrogens is 194 g/mol. The van der Waals surface area contributed by atoms with E-state index in [0.717, 1.165) is 31.8 Å². The molecule has 0 spiro atoms. The SMILES string of the molecule is ClCCCc1ccc2c(c1)CNCC2. The second kappa shape index (κ2) is 4.81. The Morgan fingerprint density at radius 2 is 2.21 bits per heavy atom. The number of nitrogens with one attached hydrogen (secondary N) is 1. The Balaban J connectivity index is 2.12. The van der Waals surface area contributed by atoms with Gasteiger partial charge in [0.2, 0.25) is 0 Å². The molecular formula is C12H16ClN. The Labute approximate surface area is 90.5 Å². The first kappa shape index (κ1) is 10.0. The number of halogens is 1. The molecule has 1 nitrogen and oxygen atoms in total. The number of alkyl halides is 1. The second-order valence-electron chi connectivity index (χ2n) is 3.82. The highest BCUT2D eigenvalue weighted by atomic mass is 35.5. The van der Waals surface area contributed by atoms with Crippen LogP contribution < -0.4 is 5.32 Å². The molecule has 0 atom stereocenters. The number of rotatable bonds is 3. The molecule has 76 valence electrons. The minimum Gasteiger partial charge on any atom is -0.312 e. The molecule has 1 aromatic rings. The third-order valence-corrected chi connectivity index (χ3v) is 3.02. The maximum atomic E-state index is 5.68. The van der Waals surface area contributed by atoms with Gasteiger partial charge >= 0.3 is 0 Å². The summed E-state index contributed by atoms with van der Waals surface area (Å²) in [5.41, 5.74) is 4.41. The molecule has 0 saturated heterocycles. The summed E-state index contributed by atoms with van der Waals surface area (Å²) in [7, 11) is 0. The van der Waals surface area contributed by atoms with Gasteiger partial charge in [0, 0.05) is 12.4 Å². The van der Waals surface area contributed by atoms with Gasteiger partial charge in [0.15, 0.2) is 0 Å². The molecule has 0 fully saturated rings. The van der Waals surface area contributed by atoms with Crippen LogP contribution >= 0.6 is 11.6 Å². The van der Waals surface area contributed by atoms with Gasteiger partial charge in [-0.25, -0.2) is 0 Å². The van der Waals surface area contributed by atoms with Gasteiger partial charge in [0.05, 0.1) is 0 Å². The number of fused-ring (bicyclic) bond motifs is 1. The molecule has 0 aromatic heterocycles. The second-order valence-corrected chi connectivity index (χ2v) is 4.20. The van der Waals surface area contributed by atoms with Crippen LogP contribution in [0.15, 0.2) is 18.2 Å². The van der Waals surface area contributed by atoms with Crippen molar-refractivity contribution in [2.75, 3.05) is 12.4 Å². The van der Waals surface area contributed by atoms with Gasteiger partial charge in [-0.05, 0) is 42.5 Å². The number of hydrogen-bond acceptors (Lipinski definition) is 1. The zero-order valence-corrected chi connectivity index (χ0v) is 9.11. The van der Waals surface area contributed by atoms with Crippen LogP contribution in [0, 0.1) is 0 Å². The van der Waals surface area contributed by atoms with Gasteiger partial charge in [-0.3, -0.25) is 0 Å². The predicted octanol–water partition coefficient (Wildman–Crippen LogP) is 2.50. The van der Waals surface area contributed by atoms with E-state index in [2.05, 4.69) is 23.5 Å². The van der Waals surface area contributed by atoms with Gasteiger partial charge < -0.3 is 5.32 Å². The van der Waals surface area contributed by atoms with Gasteiger partial charge in [0.1, 0.15) is 0 Å². The van der Waals surface area contributed by atoms with E-state index in [-0.39, 0.29) is 0 Å². The van der Waals surface area contributed by atoms with Gasteiger partial charge in [0.25, 0.3) is 0 Å². The summed E-state index contributed by atoms with van der Waals surface area (Å²) in [5.74, 6) is 0.759. The number of benzene rings is 1. The minimum atomic E-state index is 0.759. The molecule has 0 unspecified atom stereocenters. The lowest BCUT2D eigenvalue weighted by molar-refractivity contribution is 0.642. The van der Waals surface area contributed by atoms with Crippen molar-refractivity contribution < 1.29 is 0 Å². The lowest BCUT2D eigenvalue weighted by Crippen LogP contribution is -2.23. The summed E-state index contributed by atoms with van der Waals surface area (Å²) >= 11 is 5.68. The summed E-state index contributed by atoms with van der Waals surface area (Å²) in [6.45, 7) is 2.15. The van der Waals surface area contributed by atoms with Crippen molar-refractivity contribution in [3.05, 3.63) is 34.9 Å². The van der Waals surface area contributed by atoms with E-state index in [1.807, 2.05) is 0 Å². The predicted molar refractivity (Wildman–Crippen MR) is 60.9 cm³/mol. The summed E-state index contributed by atoms with van der Waals surface area (Å²) in [5, 5.41) is 3.40. The first-order chi connectivity index (χ1) is 6.90. The first-order valence-electron chi connectivity index (χ1n) is 5.27. The molecule has 0 radical (unpaired) electrons. The molecule has 2 heteroatoms. The van der Waals surface area contributed by atoms with Crippen LogP contribution in [0.5, 0.6) is 0 Å². The minimum absolute atomic E-state index is 0.759. The van der Waals surface area contributed by atoms with E-state index in [0.29, 0.717) is 0 Å². The monoisotopic (exact) mass is 209 g/mol. The lowest BCUT2D eigenvalue weighted by atomic mass is 9.97.